The van der Waals surface area contributed by atoms with E-state index in [1.807, 2.05) is 13.0 Å². The first-order valence-electron chi connectivity index (χ1n) is 9.74. The van der Waals surface area contributed by atoms with E-state index < -0.39 is 24.6 Å². The molecule has 1 aromatic rings. The fraction of sp³-hybridized carbons (Fsp3) is 0.667. The lowest BCUT2D eigenvalue weighted by Gasteiger charge is -2.34. The van der Waals surface area contributed by atoms with Gasteiger partial charge in [0, 0.05) is 31.2 Å². The van der Waals surface area contributed by atoms with Gasteiger partial charge >= 0.3 is 0 Å². The SMILES string of the molecule is CC1NC(F)CCC1c1ccncc1NC(=O)C1C(N)NN2CC(F)CNC12. The third-order valence-corrected chi connectivity index (χ3v) is 5.91. The van der Waals surface area contributed by atoms with Gasteiger partial charge in [-0.15, -0.1) is 0 Å². The quantitative estimate of drug-likeness (QED) is 0.464. The van der Waals surface area contributed by atoms with Gasteiger partial charge in [-0.05, 0) is 31.4 Å². The Balaban J connectivity index is 1.51. The topological polar surface area (TPSA) is 107 Å². The van der Waals surface area contributed by atoms with Crippen molar-refractivity contribution in [3.8, 4) is 0 Å². The van der Waals surface area contributed by atoms with E-state index in [2.05, 4.69) is 26.4 Å². The van der Waals surface area contributed by atoms with Crippen molar-refractivity contribution in [3.63, 3.8) is 0 Å². The maximum Gasteiger partial charge on any atom is 0.233 e. The summed E-state index contributed by atoms with van der Waals surface area (Å²) < 4.78 is 27.2. The number of nitrogens with two attached hydrogens (primary N) is 1. The molecular formula is C18H27F2N7O. The maximum atomic E-state index is 13.6. The number of halogens is 2. The molecule has 1 aromatic heterocycles. The minimum absolute atomic E-state index is 0.0609. The molecule has 1 amide bonds. The zero-order chi connectivity index (χ0) is 19.8. The van der Waals surface area contributed by atoms with Gasteiger partial charge in [-0.1, -0.05) is 0 Å². The van der Waals surface area contributed by atoms with Gasteiger partial charge in [-0.3, -0.25) is 20.4 Å². The van der Waals surface area contributed by atoms with Crippen molar-refractivity contribution >= 4 is 11.6 Å². The number of hydrogen-bond donors (Lipinski definition) is 5. The molecule has 8 nitrogen and oxygen atoms in total. The lowest BCUT2D eigenvalue weighted by Crippen LogP contribution is -2.58. The third kappa shape index (κ3) is 3.74. The molecule has 4 heterocycles. The zero-order valence-electron chi connectivity index (χ0n) is 15.7. The highest BCUT2D eigenvalue weighted by atomic mass is 19.1. The molecule has 3 saturated heterocycles. The first kappa shape index (κ1) is 19.6. The molecule has 154 valence electrons. The Labute approximate surface area is 162 Å². The lowest BCUT2D eigenvalue weighted by molar-refractivity contribution is -0.121. The van der Waals surface area contributed by atoms with Crippen LogP contribution in [-0.2, 0) is 4.79 Å². The first-order valence-corrected chi connectivity index (χ1v) is 9.74. The minimum atomic E-state index is -1.01. The highest BCUT2D eigenvalue weighted by Gasteiger charge is 2.47. The molecule has 0 spiro atoms. The highest BCUT2D eigenvalue weighted by molar-refractivity contribution is 5.94. The predicted molar refractivity (Wildman–Crippen MR) is 100 cm³/mol. The van der Waals surface area contributed by atoms with E-state index in [0.717, 1.165) is 5.56 Å². The third-order valence-electron chi connectivity index (χ3n) is 5.91. The van der Waals surface area contributed by atoms with Gasteiger partial charge in [0.05, 0.1) is 30.1 Å². The first-order chi connectivity index (χ1) is 13.4. The molecule has 28 heavy (non-hydrogen) atoms. The Morgan fingerprint density at radius 2 is 2.21 bits per heavy atom. The maximum absolute atomic E-state index is 13.6. The predicted octanol–water partition coefficient (Wildman–Crippen LogP) is 0.160. The Bertz CT molecular complexity index is 723. The number of fused-ring (bicyclic) bond motifs is 1. The number of hydrogen-bond acceptors (Lipinski definition) is 7. The van der Waals surface area contributed by atoms with Crippen LogP contribution in [0.3, 0.4) is 0 Å². The van der Waals surface area contributed by atoms with Crippen LogP contribution >= 0.6 is 0 Å². The Morgan fingerprint density at radius 1 is 1.39 bits per heavy atom. The highest BCUT2D eigenvalue weighted by Crippen LogP contribution is 2.34. The van der Waals surface area contributed by atoms with E-state index in [0.29, 0.717) is 18.5 Å². The Hall–Kier alpha value is -1.72. The van der Waals surface area contributed by atoms with Gasteiger partial charge in [-0.2, -0.15) is 0 Å². The van der Waals surface area contributed by atoms with Crippen molar-refractivity contribution in [2.45, 2.75) is 56.5 Å². The van der Waals surface area contributed by atoms with E-state index in [9.17, 15) is 13.6 Å². The molecule has 0 aliphatic carbocycles. The number of anilines is 1. The zero-order valence-corrected chi connectivity index (χ0v) is 15.7. The standard InChI is InChI=1S/C18H27F2N7O/c1-9-11(2-3-14(20)24-9)12-4-5-22-7-13(12)25-18(28)15-16(21)26-27-8-10(19)6-23-17(15)27/h4-5,7,9-11,14-17,23-24,26H,2-3,6,8,21H2,1H3,(H,25,28). The van der Waals surface area contributed by atoms with Crippen LogP contribution in [0, 0.1) is 5.92 Å². The van der Waals surface area contributed by atoms with Crippen LogP contribution in [0.2, 0.25) is 0 Å². The van der Waals surface area contributed by atoms with Crippen molar-refractivity contribution in [1.82, 2.24) is 26.1 Å². The number of aromatic nitrogens is 1. The number of carbonyl (C=O) groups excluding carboxylic acids is 1. The summed E-state index contributed by atoms with van der Waals surface area (Å²) in [5.74, 6) is -0.777. The van der Waals surface area contributed by atoms with Crippen LogP contribution < -0.4 is 27.1 Å². The van der Waals surface area contributed by atoms with E-state index in [4.69, 9.17) is 5.73 Å². The summed E-state index contributed by atoms with van der Waals surface area (Å²) in [6.07, 6.45) is 1.39. The Kier molecular flexibility index (Phi) is 5.57. The molecular weight excluding hydrogens is 368 g/mol. The second-order valence-corrected chi connectivity index (χ2v) is 7.84. The molecule has 3 aliphatic rings. The average molecular weight is 395 g/mol. The summed E-state index contributed by atoms with van der Waals surface area (Å²) in [7, 11) is 0. The van der Waals surface area contributed by atoms with Crippen LogP contribution in [-0.4, -0.2) is 59.8 Å². The number of nitrogens with zero attached hydrogens (tertiary/aromatic N) is 2. The second-order valence-electron chi connectivity index (χ2n) is 7.84. The van der Waals surface area contributed by atoms with Gasteiger partial charge in [0.15, 0.2) is 6.30 Å². The number of alkyl halides is 2. The summed E-state index contributed by atoms with van der Waals surface area (Å²) >= 11 is 0. The summed E-state index contributed by atoms with van der Waals surface area (Å²) in [6, 6.07) is 1.80. The van der Waals surface area contributed by atoms with Gasteiger partial charge < -0.3 is 11.1 Å². The van der Waals surface area contributed by atoms with Gasteiger partial charge in [0.2, 0.25) is 5.91 Å². The minimum Gasteiger partial charge on any atom is -0.324 e. The van der Waals surface area contributed by atoms with E-state index in [1.165, 1.54) is 0 Å². The fourth-order valence-corrected chi connectivity index (χ4v) is 4.51. The fourth-order valence-electron chi connectivity index (χ4n) is 4.51. The smallest absolute Gasteiger partial charge is 0.233 e. The summed E-state index contributed by atoms with van der Waals surface area (Å²) in [6.45, 7) is 2.31. The number of piperidine rings is 1. The Morgan fingerprint density at radius 3 is 3.00 bits per heavy atom. The van der Waals surface area contributed by atoms with Crippen LogP contribution in [0.25, 0.3) is 0 Å². The lowest BCUT2D eigenvalue weighted by atomic mass is 9.85. The molecule has 0 saturated carbocycles. The van der Waals surface area contributed by atoms with E-state index in [-0.39, 0.29) is 37.1 Å². The van der Waals surface area contributed by atoms with Crippen LogP contribution in [0.4, 0.5) is 14.5 Å². The van der Waals surface area contributed by atoms with Crippen molar-refractivity contribution < 1.29 is 13.6 Å². The molecule has 10 heteroatoms. The number of pyridine rings is 1. The van der Waals surface area contributed by atoms with E-state index >= 15 is 0 Å². The summed E-state index contributed by atoms with van der Waals surface area (Å²) in [5.41, 5.74) is 10.6. The molecule has 3 aliphatic heterocycles. The second kappa shape index (κ2) is 7.96. The van der Waals surface area contributed by atoms with Gasteiger partial charge in [-0.25, -0.2) is 19.2 Å². The van der Waals surface area contributed by atoms with Gasteiger partial charge in [0.25, 0.3) is 0 Å². The van der Waals surface area contributed by atoms with Crippen molar-refractivity contribution in [1.29, 1.82) is 0 Å². The molecule has 7 atom stereocenters. The average Bonchev–Trinajstić information content (AvgIpc) is 2.97. The largest absolute Gasteiger partial charge is 0.324 e. The molecule has 7 unspecified atom stereocenters. The molecule has 4 rings (SSSR count). The molecule has 3 fully saturated rings. The number of nitrogens with one attached hydrogen (secondary N) is 4. The number of rotatable bonds is 3. The van der Waals surface area contributed by atoms with Gasteiger partial charge in [0.1, 0.15) is 6.17 Å². The van der Waals surface area contributed by atoms with Crippen LogP contribution in [0.5, 0.6) is 0 Å². The molecule has 0 aromatic carbocycles. The number of hydrazine groups is 1. The monoisotopic (exact) mass is 395 g/mol. The van der Waals surface area contributed by atoms with E-state index in [1.54, 1.807) is 17.4 Å². The molecule has 0 radical (unpaired) electrons. The van der Waals surface area contributed by atoms with Crippen molar-refractivity contribution in [3.05, 3.63) is 24.0 Å². The van der Waals surface area contributed by atoms with Crippen LogP contribution in [0.1, 0.15) is 31.2 Å². The number of amides is 1. The summed E-state index contributed by atoms with van der Waals surface area (Å²) in [5, 5.41) is 10.6. The van der Waals surface area contributed by atoms with Crippen molar-refractivity contribution in [2.24, 2.45) is 11.7 Å². The normalized spacial score (nSPS) is 38.8. The molecule has 0 bridgehead atoms. The molecule has 6 N–H and O–H groups in total. The van der Waals surface area contributed by atoms with Crippen molar-refractivity contribution in [2.75, 3.05) is 18.4 Å². The number of carbonyl (C=O) groups is 1. The van der Waals surface area contributed by atoms with Crippen LogP contribution in [0.15, 0.2) is 18.5 Å². The summed E-state index contributed by atoms with van der Waals surface area (Å²) in [4.78, 5) is 17.2.